The van der Waals surface area contributed by atoms with E-state index in [1.165, 1.54) is 5.56 Å². The number of nitriles is 1. The van der Waals surface area contributed by atoms with Crippen molar-refractivity contribution in [2.45, 2.75) is 32.0 Å². The predicted molar refractivity (Wildman–Crippen MR) is 119 cm³/mol. The lowest BCUT2D eigenvalue weighted by Gasteiger charge is -2.33. The summed E-state index contributed by atoms with van der Waals surface area (Å²) >= 11 is 12.1. The molecule has 1 saturated heterocycles. The van der Waals surface area contributed by atoms with Crippen molar-refractivity contribution in [3.8, 4) is 6.07 Å². The number of hydrogen-bond acceptors (Lipinski definition) is 3. The minimum atomic E-state index is 0.396. The largest absolute Gasteiger partial charge is 0.354 e. The third-order valence-electron chi connectivity index (χ3n) is 5.09. The van der Waals surface area contributed by atoms with Gasteiger partial charge in [0, 0.05) is 39.3 Å². The molecule has 0 bridgehead atoms. The van der Waals surface area contributed by atoms with Gasteiger partial charge in [-0.2, -0.15) is 5.26 Å². The molecule has 152 valence electrons. The lowest BCUT2D eigenvalue weighted by atomic mass is 10.0. The van der Waals surface area contributed by atoms with Crippen LogP contribution in [0.15, 0.2) is 47.5 Å². The Morgan fingerprint density at radius 2 is 1.79 bits per heavy atom. The normalized spacial score (nSPS) is 15.7. The smallest absolute Gasteiger partial charge is 0.191 e. The molecule has 5 nitrogen and oxygen atoms in total. The quantitative estimate of drug-likeness (QED) is 0.552. The third-order valence-corrected chi connectivity index (χ3v) is 5.82. The Morgan fingerprint density at radius 3 is 2.41 bits per heavy atom. The minimum Gasteiger partial charge on any atom is -0.354 e. The summed E-state index contributed by atoms with van der Waals surface area (Å²) in [4.78, 5) is 6.77. The van der Waals surface area contributed by atoms with Crippen LogP contribution in [0.4, 0.5) is 0 Å². The predicted octanol–water partition coefficient (Wildman–Crippen LogP) is 4.19. The van der Waals surface area contributed by atoms with E-state index in [9.17, 15) is 0 Å². The monoisotopic (exact) mass is 429 g/mol. The average Bonchev–Trinajstić information content (AvgIpc) is 2.75. The molecule has 7 heteroatoms. The van der Waals surface area contributed by atoms with Gasteiger partial charge in [-0.15, -0.1) is 0 Å². The maximum Gasteiger partial charge on any atom is 0.191 e. The number of rotatable bonds is 5. The molecule has 0 aliphatic carbocycles. The fourth-order valence-corrected chi connectivity index (χ4v) is 3.72. The number of benzene rings is 2. The molecular formula is C22H25Cl2N5. The molecule has 1 fully saturated rings. The summed E-state index contributed by atoms with van der Waals surface area (Å²) in [6.45, 7) is 3.59. The van der Waals surface area contributed by atoms with Gasteiger partial charge in [0.05, 0.1) is 21.7 Å². The van der Waals surface area contributed by atoms with Crippen LogP contribution in [0, 0.1) is 11.3 Å². The van der Waals surface area contributed by atoms with Crippen LogP contribution in [0.3, 0.4) is 0 Å². The van der Waals surface area contributed by atoms with Gasteiger partial charge in [0.15, 0.2) is 5.96 Å². The van der Waals surface area contributed by atoms with Crippen LogP contribution in [0.2, 0.25) is 10.0 Å². The lowest BCUT2D eigenvalue weighted by Crippen LogP contribution is -2.48. The Labute approximate surface area is 182 Å². The van der Waals surface area contributed by atoms with Gasteiger partial charge in [-0.25, -0.2) is 0 Å². The van der Waals surface area contributed by atoms with Crippen molar-refractivity contribution >= 4 is 29.2 Å². The van der Waals surface area contributed by atoms with Crippen molar-refractivity contribution in [1.29, 1.82) is 5.26 Å². The highest BCUT2D eigenvalue weighted by Crippen LogP contribution is 2.24. The first kappa shape index (κ1) is 21.4. The van der Waals surface area contributed by atoms with E-state index in [-0.39, 0.29) is 0 Å². The van der Waals surface area contributed by atoms with Crippen molar-refractivity contribution < 1.29 is 0 Å². The molecule has 3 rings (SSSR count). The Bertz CT molecular complexity index is 881. The van der Waals surface area contributed by atoms with E-state index >= 15 is 0 Å². The van der Waals surface area contributed by atoms with Crippen LogP contribution in [0.1, 0.15) is 29.5 Å². The van der Waals surface area contributed by atoms with Gasteiger partial charge in [-0.05, 0) is 48.2 Å². The zero-order chi connectivity index (χ0) is 20.6. The van der Waals surface area contributed by atoms with Crippen LogP contribution >= 0.6 is 23.2 Å². The first-order valence-electron chi connectivity index (χ1n) is 9.70. The summed E-state index contributed by atoms with van der Waals surface area (Å²) in [5, 5.41) is 17.0. The Morgan fingerprint density at radius 1 is 1.10 bits per heavy atom. The van der Waals surface area contributed by atoms with E-state index < -0.39 is 0 Å². The standard InChI is InChI=1S/C22H25Cl2N5/c1-26-22(27-14-17-4-2-16(13-25)3-5-17)28-19-8-10-29(11-9-19)15-18-6-7-20(23)21(24)12-18/h2-7,12,19H,8-11,14-15H2,1H3,(H2,26,27,28). The van der Waals surface area contributed by atoms with E-state index in [0.717, 1.165) is 44.0 Å². The molecule has 1 aliphatic heterocycles. The molecule has 0 amide bonds. The van der Waals surface area contributed by atoms with E-state index in [0.29, 0.717) is 28.2 Å². The fourth-order valence-electron chi connectivity index (χ4n) is 3.40. The van der Waals surface area contributed by atoms with Crippen molar-refractivity contribution in [2.24, 2.45) is 4.99 Å². The second-order valence-electron chi connectivity index (χ2n) is 7.18. The zero-order valence-electron chi connectivity index (χ0n) is 16.5. The first-order chi connectivity index (χ1) is 14.1. The van der Waals surface area contributed by atoms with Crippen LogP contribution in [0.25, 0.3) is 0 Å². The van der Waals surface area contributed by atoms with Crippen LogP contribution in [-0.4, -0.2) is 37.0 Å². The van der Waals surface area contributed by atoms with Crippen molar-refractivity contribution in [3.05, 3.63) is 69.2 Å². The highest BCUT2D eigenvalue weighted by atomic mass is 35.5. The van der Waals surface area contributed by atoms with Gasteiger partial charge in [0.25, 0.3) is 0 Å². The molecule has 2 aromatic rings. The van der Waals surface area contributed by atoms with Gasteiger partial charge in [0.1, 0.15) is 0 Å². The first-order valence-corrected chi connectivity index (χ1v) is 10.5. The van der Waals surface area contributed by atoms with Gasteiger partial charge in [0.2, 0.25) is 0 Å². The van der Waals surface area contributed by atoms with Gasteiger partial charge < -0.3 is 10.6 Å². The minimum absolute atomic E-state index is 0.396. The fraction of sp³-hybridized carbons (Fsp3) is 0.364. The molecule has 29 heavy (non-hydrogen) atoms. The summed E-state index contributed by atoms with van der Waals surface area (Å²) in [5.74, 6) is 0.803. The summed E-state index contributed by atoms with van der Waals surface area (Å²) in [6.07, 6.45) is 2.11. The second-order valence-corrected chi connectivity index (χ2v) is 7.99. The summed E-state index contributed by atoms with van der Waals surface area (Å²) in [7, 11) is 1.79. The number of nitrogens with one attached hydrogen (secondary N) is 2. The molecule has 0 atom stereocenters. The number of nitrogens with zero attached hydrogens (tertiary/aromatic N) is 3. The topological polar surface area (TPSA) is 63.5 Å². The second kappa shape index (κ2) is 10.5. The van der Waals surface area contributed by atoms with Crippen LogP contribution in [0.5, 0.6) is 0 Å². The number of piperidine rings is 1. The Kier molecular flexibility index (Phi) is 7.76. The van der Waals surface area contributed by atoms with E-state index in [4.69, 9.17) is 28.5 Å². The highest BCUT2D eigenvalue weighted by molar-refractivity contribution is 6.42. The third kappa shape index (κ3) is 6.37. The van der Waals surface area contributed by atoms with Crippen molar-refractivity contribution in [2.75, 3.05) is 20.1 Å². The Balaban J connectivity index is 1.43. The molecule has 0 aromatic heterocycles. The number of hydrogen-bond donors (Lipinski definition) is 2. The molecule has 1 aliphatic rings. The molecule has 2 N–H and O–H groups in total. The summed E-state index contributed by atoms with van der Waals surface area (Å²) in [6, 6.07) is 15.9. The van der Waals surface area contributed by atoms with Crippen LogP contribution in [-0.2, 0) is 13.1 Å². The Hall–Kier alpha value is -2.26. The average molecular weight is 430 g/mol. The van der Waals surface area contributed by atoms with Gasteiger partial charge in [-0.1, -0.05) is 41.4 Å². The maximum absolute atomic E-state index is 8.88. The molecule has 0 unspecified atom stereocenters. The summed E-state index contributed by atoms with van der Waals surface area (Å²) < 4.78 is 0. The maximum atomic E-state index is 8.88. The number of guanidine groups is 1. The van der Waals surface area contributed by atoms with E-state index in [1.807, 2.05) is 42.5 Å². The SMILES string of the molecule is CN=C(NCc1ccc(C#N)cc1)NC1CCN(Cc2ccc(Cl)c(Cl)c2)CC1. The van der Waals surface area contributed by atoms with Gasteiger partial charge >= 0.3 is 0 Å². The summed E-state index contributed by atoms with van der Waals surface area (Å²) in [5.41, 5.74) is 2.97. The molecule has 1 heterocycles. The molecule has 0 saturated carbocycles. The molecule has 2 aromatic carbocycles. The van der Waals surface area contributed by atoms with Crippen molar-refractivity contribution in [1.82, 2.24) is 15.5 Å². The van der Waals surface area contributed by atoms with E-state index in [1.54, 1.807) is 7.05 Å². The van der Waals surface area contributed by atoms with Gasteiger partial charge in [-0.3, -0.25) is 9.89 Å². The number of halogens is 2. The molecule has 0 radical (unpaired) electrons. The number of likely N-dealkylation sites (tertiary alicyclic amines) is 1. The lowest BCUT2D eigenvalue weighted by molar-refractivity contribution is 0.198. The zero-order valence-corrected chi connectivity index (χ0v) is 18.0. The number of aliphatic imine (C=N–C) groups is 1. The molecular weight excluding hydrogens is 405 g/mol. The molecule has 0 spiro atoms. The highest BCUT2D eigenvalue weighted by Gasteiger charge is 2.20. The van der Waals surface area contributed by atoms with Crippen molar-refractivity contribution in [3.63, 3.8) is 0 Å². The van der Waals surface area contributed by atoms with E-state index in [2.05, 4.69) is 26.6 Å². The van der Waals surface area contributed by atoms with Crippen LogP contribution < -0.4 is 10.6 Å².